The molecular weight excluding hydrogens is 192 g/mol. The molecule has 0 fully saturated rings. The van der Waals surface area contributed by atoms with E-state index in [1.165, 1.54) is 0 Å². The molecule has 0 aliphatic carbocycles. The average molecular weight is 210 g/mol. The van der Waals surface area contributed by atoms with Gasteiger partial charge in [-0.1, -0.05) is 37.3 Å². The molecule has 0 heterocycles. The summed E-state index contributed by atoms with van der Waals surface area (Å²) in [5.41, 5.74) is 0.896. The molecule has 0 spiro atoms. The lowest BCUT2D eigenvalue weighted by atomic mass is 10.0. The van der Waals surface area contributed by atoms with Crippen LogP contribution in [0.25, 0.3) is 0 Å². The van der Waals surface area contributed by atoms with E-state index in [9.17, 15) is 5.11 Å². The summed E-state index contributed by atoms with van der Waals surface area (Å²) in [4.78, 5) is 0. The van der Waals surface area contributed by atoms with Gasteiger partial charge in [0.05, 0.1) is 6.61 Å². The molecule has 0 radical (unpaired) electrons. The van der Waals surface area contributed by atoms with Crippen molar-refractivity contribution in [1.82, 2.24) is 0 Å². The van der Waals surface area contributed by atoms with Gasteiger partial charge in [0.1, 0.15) is 12.2 Å². The van der Waals surface area contributed by atoms with Gasteiger partial charge in [0.2, 0.25) is 0 Å². The van der Waals surface area contributed by atoms with E-state index >= 15 is 0 Å². The molecule has 1 rings (SSSR count). The van der Waals surface area contributed by atoms with Crippen LogP contribution in [-0.2, 0) is 4.74 Å². The van der Waals surface area contributed by atoms with E-state index in [1.807, 2.05) is 37.3 Å². The molecule has 1 aromatic rings. The summed E-state index contributed by atoms with van der Waals surface area (Å²) in [7, 11) is 0. The fourth-order valence-electron chi connectivity index (χ4n) is 1.41. The number of rotatable bonds is 6. The molecule has 3 heteroatoms. The van der Waals surface area contributed by atoms with E-state index in [-0.39, 0.29) is 6.61 Å². The van der Waals surface area contributed by atoms with Crippen molar-refractivity contribution in [3.63, 3.8) is 0 Å². The van der Waals surface area contributed by atoms with Crippen LogP contribution in [0.5, 0.6) is 0 Å². The molecule has 1 aromatic carbocycles. The minimum Gasteiger partial charge on any atom is -0.394 e. The minimum absolute atomic E-state index is 0.288. The highest BCUT2D eigenvalue weighted by Gasteiger charge is 2.20. The maximum absolute atomic E-state index is 9.62. The number of hydrogen-bond acceptors (Lipinski definition) is 3. The summed E-state index contributed by atoms with van der Waals surface area (Å²) in [5.74, 6) is 0. The first-order chi connectivity index (χ1) is 7.29. The van der Waals surface area contributed by atoms with Gasteiger partial charge < -0.3 is 14.9 Å². The number of benzene rings is 1. The van der Waals surface area contributed by atoms with Gasteiger partial charge in [-0.05, 0) is 12.0 Å². The van der Waals surface area contributed by atoms with Crippen LogP contribution in [0.2, 0.25) is 0 Å². The van der Waals surface area contributed by atoms with Crippen molar-refractivity contribution in [3.05, 3.63) is 35.9 Å². The van der Waals surface area contributed by atoms with Gasteiger partial charge in [-0.3, -0.25) is 0 Å². The highest BCUT2D eigenvalue weighted by atomic mass is 16.5. The van der Waals surface area contributed by atoms with Crippen molar-refractivity contribution in [2.75, 3.05) is 13.2 Å². The third-order valence-electron chi connectivity index (χ3n) is 2.17. The highest BCUT2D eigenvalue weighted by Crippen LogP contribution is 2.21. The third kappa shape index (κ3) is 3.63. The molecule has 0 bridgehead atoms. The zero-order valence-corrected chi connectivity index (χ0v) is 8.97. The SMILES string of the molecule is CCCOC(c1ccccc1)C(O)CO. The zero-order valence-electron chi connectivity index (χ0n) is 8.97. The Labute approximate surface area is 90.3 Å². The lowest BCUT2D eigenvalue weighted by molar-refractivity contribution is -0.0598. The quantitative estimate of drug-likeness (QED) is 0.748. The Balaban J connectivity index is 2.72. The fraction of sp³-hybridized carbons (Fsp3) is 0.500. The Bertz CT molecular complexity index is 261. The largest absolute Gasteiger partial charge is 0.394 e. The second-order valence-electron chi connectivity index (χ2n) is 3.45. The topological polar surface area (TPSA) is 49.7 Å². The summed E-state index contributed by atoms with van der Waals surface area (Å²) in [6.07, 6.45) is -0.406. The molecule has 3 nitrogen and oxygen atoms in total. The van der Waals surface area contributed by atoms with E-state index in [0.717, 1.165) is 12.0 Å². The fourth-order valence-corrected chi connectivity index (χ4v) is 1.41. The Hall–Kier alpha value is -0.900. The first kappa shape index (κ1) is 12.2. The summed E-state index contributed by atoms with van der Waals surface area (Å²) in [5, 5.41) is 18.6. The smallest absolute Gasteiger partial charge is 0.111 e. The molecule has 0 aromatic heterocycles. The Morgan fingerprint density at radius 1 is 1.27 bits per heavy atom. The van der Waals surface area contributed by atoms with Crippen molar-refractivity contribution in [3.8, 4) is 0 Å². The van der Waals surface area contributed by atoms with Crippen LogP contribution in [0.3, 0.4) is 0 Å². The lowest BCUT2D eigenvalue weighted by Gasteiger charge is -2.22. The standard InChI is InChI=1S/C12H18O3/c1-2-8-15-12(11(14)9-13)10-6-4-3-5-7-10/h3-7,11-14H,2,8-9H2,1H3. The molecular formula is C12H18O3. The summed E-state index contributed by atoms with van der Waals surface area (Å²) in [6.45, 7) is 2.30. The van der Waals surface area contributed by atoms with Crippen LogP contribution in [0.15, 0.2) is 30.3 Å². The molecule has 0 amide bonds. The van der Waals surface area contributed by atoms with E-state index in [4.69, 9.17) is 9.84 Å². The van der Waals surface area contributed by atoms with Gasteiger partial charge in [0.25, 0.3) is 0 Å². The predicted molar refractivity (Wildman–Crippen MR) is 58.5 cm³/mol. The Morgan fingerprint density at radius 2 is 1.93 bits per heavy atom. The van der Waals surface area contributed by atoms with E-state index in [2.05, 4.69) is 0 Å². The van der Waals surface area contributed by atoms with Gasteiger partial charge in [0, 0.05) is 6.61 Å². The maximum Gasteiger partial charge on any atom is 0.111 e. The second-order valence-corrected chi connectivity index (χ2v) is 3.45. The summed E-state index contributed by atoms with van der Waals surface area (Å²) < 4.78 is 5.52. The molecule has 0 saturated heterocycles. The predicted octanol–water partition coefficient (Wildman–Crippen LogP) is 1.51. The van der Waals surface area contributed by atoms with E-state index in [1.54, 1.807) is 0 Å². The number of ether oxygens (including phenoxy) is 1. The molecule has 0 aliphatic rings. The second kappa shape index (κ2) is 6.56. The van der Waals surface area contributed by atoms with Crippen molar-refractivity contribution in [2.24, 2.45) is 0 Å². The monoisotopic (exact) mass is 210 g/mol. The third-order valence-corrected chi connectivity index (χ3v) is 2.17. The lowest BCUT2D eigenvalue weighted by Crippen LogP contribution is -2.25. The number of aliphatic hydroxyl groups is 2. The van der Waals surface area contributed by atoms with Gasteiger partial charge >= 0.3 is 0 Å². The Morgan fingerprint density at radius 3 is 2.47 bits per heavy atom. The summed E-state index contributed by atoms with van der Waals surface area (Å²) >= 11 is 0. The van der Waals surface area contributed by atoms with Crippen LogP contribution in [0, 0.1) is 0 Å². The van der Waals surface area contributed by atoms with Crippen LogP contribution in [0.4, 0.5) is 0 Å². The number of aliphatic hydroxyl groups excluding tert-OH is 2. The summed E-state index contributed by atoms with van der Waals surface area (Å²) in [6, 6.07) is 9.47. The van der Waals surface area contributed by atoms with Crippen LogP contribution >= 0.6 is 0 Å². The van der Waals surface area contributed by atoms with Gasteiger partial charge in [-0.2, -0.15) is 0 Å². The van der Waals surface area contributed by atoms with Crippen molar-refractivity contribution < 1.29 is 14.9 Å². The molecule has 2 atom stereocenters. The van der Waals surface area contributed by atoms with E-state index < -0.39 is 12.2 Å². The van der Waals surface area contributed by atoms with Gasteiger partial charge in [0.15, 0.2) is 0 Å². The zero-order chi connectivity index (χ0) is 11.1. The number of hydrogen-bond donors (Lipinski definition) is 2. The highest BCUT2D eigenvalue weighted by molar-refractivity contribution is 5.18. The van der Waals surface area contributed by atoms with Crippen molar-refractivity contribution in [2.45, 2.75) is 25.6 Å². The molecule has 0 saturated carbocycles. The first-order valence-corrected chi connectivity index (χ1v) is 5.25. The molecule has 84 valence electrons. The molecule has 0 aliphatic heterocycles. The molecule has 15 heavy (non-hydrogen) atoms. The average Bonchev–Trinajstić information content (AvgIpc) is 2.30. The van der Waals surface area contributed by atoms with Gasteiger partial charge in [-0.15, -0.1) is 0 Å². The minimum atomic E-state index is -0.862. The van der Waals surface area contributed by atoms with Crippen molar-refractivity contribution in [1.29, 1.82) is 0 Å². The Kier molecular flexibility index (Phi) is 5.32. The maximum atomic E-state index is 9.62. The van der Waals surface area contributed by atoms with E-state index in [0.29, 0.717) is 6.61 Å². The van der Waals surface area contributed by atoms with Crippen LogP contribution in [-0.4, -0.2) is 29.5 Å². The van der Waals surface area contributed by atoms with Crippen LogP contribution < -0.4 is 0 Å². The molecule has 2 N–H and O–H groups in total. The van der Waals surface area contributed by atoms with Crippen molar-refractivity contribution >= 4 is 0 Å². The van der Waals surface area contributed by atoms with Crippen LogP contribution in [0.1, 0.15) is 25.0 Å². The first-order valence-electron chi connectivity index (χ1n) is 5.25. The molecule has 2 unspecified atom stereocenters. The normalized spacial score (nSPS) is 14.9. The van der Waals surface area contributed by atoms with Gasteiger partial charge in [-0.25, -0.2) is 0 Å².